The molecule has 96 valence electrons. The monoisotopic (exact) mass is 239 g/mol. The third-order valence-electron chi connectivity index (χ3n) is 2.75. The molecule has 1 aromatic carbocycles. The summed E-state index contributed by atoms with van der Waals surface area (Å²) in [5, 5.41) is 9.71. The predicted molar refractivity (Wildman–Crippen MR) is 69.8 cm³/mol. The van der Waals surface area contributed by atoms with Crippen molar-refractivity contribution < 1.29 is 9.50 Å². The predicted octanol–water partition coefficient (Wildman–Crippen LogP) is 3.36. The number of halogens is 1. The molecule has 0 bridgehead atoms. The Balaban J connectivity index is 3.09. The molecule has 2 nitrogen and oxygen atoms in total. The van der Waals surface area contributed by atoms with Gasteiger partial charge in [-0.05, 0) is 38.0 Å². The molecule has 1 aromatic rings. The van der Waals surface area contributed by atoms with Gasteiger partial charge >= 0.3 is 0 Å². The first-order valence-corrected chi connectivity index (χ1v) is 6.18. The van der Waals surface area contributed by atoms with E-state index in [0.717, 1.165) is 18.8 Å². The SMILES string of the molecule is CCN(CC(C)C)c1ccc(F)cc1[C@@H](C)O. The number of rotatable bonds is 5. The van der Waals surface area contributed by atoms with Gasteiger partial charge in [-0.1, -0.05) is 13.8 Å². The third-order valence-corrected chi connectivity index (χ3v) is 2.75. The Morgan fingerprint density at radius 1 is 1.29 bits per heavy atom. The maximum atomic E-state index is 13.2. The molecule has 1 N–H and O–H groups in total. The van der Waals surface area contributed by atoms with Gasteiger partial charge in [0.25, 0.3) is 0 Å². The van der Waals surface area contributed by atoms with Crippen LogP contribution in [0.25, 0.3) is 0 Å². The maximum Gasteiger partial charge on any atom is 0.123 e. The summed E-state index contributed by atoms with van der Waals surface area (Å²) in [5.41, 5.74) is 1.59. The Kier molecular flexibility index (Phi) is 4.94. The quantitative estimate of drug-likeness (QED) is 0.851. The third kappa shape index (κ3) is 3.70. The lowest BCUT2D eigenvalue weighted by atomic mass is 10.1. The van der Waals surface area contributed by atoms with E-state index in [1.165, 1.54) is 12.1 Å². The average molecular weight is 239 g/mol. The zero-order valence-corrected chi connectivity index (χ0v) is 11.1. The van der Waals surface area contributed by atoms with Gasteiger partial charge in [0.2, 0.25) is 0 Å². The maximum absolute atomic E-state index is 13.2. The van der Waals surface area contributed by atoms with Crippen LogP contribution in [0.5, 0.6) is 0 Å². The summed E-state index contributed by atoms with van der Waals surface area (Å²) in [6, 6.07) is 4.62. The lowest BCUT2D eigenvalue weighted by Gasteiger charge is -2.28. The zero-order valence-electron chi connectivity index (χ0n) is 11.1. The van der Waals surface area contributed by atoms with Crippen molar-refractivity contribution in [3.05, 3.63) is 29.6 Å². The van der Waals surface area contributed by atoms with Crippen LogP contribution in [0.3, 0.4) is 0 Å². The van der Waals surface area contributed by atoms with Crippen molar-refractivity contribution in [1.82, 2.24) is 0 Å². The highest BCUT2D eigenvalue weighted by Crippen LogP contribution is 2.27. The van der Waals surface area contributed by atoms with Crippen LogP contribution >= 0.6 is 0 Å². The number of anilines is 1. The Morgan fingerprint density at radius 2 is 1.94 bits per heavy atom. The summed E-state index contributed by atoms with van der Waals surface area (Å²) < 4.78 is 13.2. The molecule has 1 rings (SSSR count). The molecular weight excluding hydrogens is 217 g/mol. The number of nitrogens with zero attached hydrogens (tertiary/aromatic N) is 1. The van der Waals surface area contributed by atoms with Crippen molar-refractivity contribution in [1.29, 1.82) is 0 Å². The molecule has 0 saturated carbocycles. The van der Waals surface area contributed by atoms with Crippen molar-refractivity contribution in [3.8, 4) is 0 Å². The molecule has 0 aliphatic carbocycles. The lowest BCUT2D eigenvalue weighted by molar-refractivity contribution is 0.199. The first-order chi connectivity index (χ1) is 7.95. The second kappa shape index (κ2) is 6.01. The van der Waals surface area contributed by atoms with Gasteiger partial charge in [0, 0.05) is 24.3 Å². The first kappa shape index (κ1) is 14.0. The number of benzene rings is 1. The van der Waals surface area contributed by atoms with E-state index in [9.17, 15) is 9.50 Å². The fraction of sp³-hybridized carbons (Fsp3) is 0.571. The van der Waals surface area contributed by atoms with E-state index in [1.54, 1.807) is 13.0 Å². The van der Waals surface area contributed by atoms with Crippen LogP contribution < -0.4 is 4.90 Å². The van der Waals surface area contributed by atoms with E-state index < -0.39 is 6.10 Å². The molecule has 0 saturated heterocycles. The molecule has 0 radical (unpaired) electrons. The molecule has 3 heteroatoms. The molecule has 1 atom stereocenters. The van der Waals surface area contributed by atoms with Gasteiger partial charge in [0.15, 0.2) is 0 Å². The molecule has 0 spiro atoms. The Bertz CT molecular complexity index is 363. The normalized spacial score (nSPS) is 12.9. The summed E-state index contributed by atoms with van der Waals surface area (Å²) in [5.74, 6) is 0.229. The second-order valence-electron chi connectivity index (χ2n) is 4.81. The van der Waals surface area contributed by atoms with E-state index in [1.807, 2.05) is 0 Å². The van der Waals surface area contributed by atoms with Crippen LogP contribution in [-0.4, -0.2) is 18.2 Å². The Morgan fingerprint density at radius 3 is 2.41 bits per heavy atom. The molecule has 0 aliphatic rings. The molecule has 0 aromatic heterocycles. The topological polar surface area (TPSA) is 23.5 Å². The van der Waals surface area contributed by atoms with Gasteiger partial charge in [-0.25, -0.2) is 4.39 Å². The molecule has 0 heterocycles. The standard InChI is InChI=1S/C14H22FNO/c1-5-16(9-10(2)3)14-7-6-12(15)8-13(14)11(4)17/h6-8,10-11,17H,5,9H2,1-4H3/t11-/m1/s1. The minimum Gasteiger partial charge on any atom is -0.389 e. The number of hydrogen-bond acceptors (Lipinski definition) is 2. The zero-order chi connectivity index (χ0) is 13.0. The van der Waals surface area contributed by atoms with E-state index in [0.29, 0.717) is 11.5 Å². The van der Waals surface area contributed by atoms with Gasteiger partial charge in [0.05, 0.1) is 6.10 Å². The minimum atomic E-state index is -0.651. The Hall–Kier alpha value is -1.09. The van der Waals surface area contributed by atoms with Gasteiger partial charge < -0.3 is 10.0 Å². The van der Waals surface area contributed by atoms with Crippen molar-refractivity contribution in [3.63, 3.8) is 0 Å². The van der Waals surface area contributed by atoms with Crippen LogP contribution in [0, 0.1) is 11.7 Å². The van der Waals surface area contributed by atoms with Gasteiger partial charge in [-0.2, -0.15) is 0 Å². The first-order valence-electron chi connectivity index (χ1n) is 6.18. The molecule has 0 unspecified atom stereocenters. The summed E-state index contributed by atoms with van der Waals surface area (Å²) in [4.78, 5) is 2.17. The van der Waals surface area contributed by atoms with Gasteiger partial charge in [-0.15, -0.1) is 0 Å². The molecule has 17 heavy (non-hydrogen) atoms. The van der Waals surface area contributed by atoms with Crippen LogP contribution in [0.2, 0.25) is 0 Å². The highest BCUT2D eigenvalue weighted by atomic mass is 19.1. The van der Waals surface area contributed by atoms with E-state index in [4.69, 9.17) is 0 Å². The number of hydrogen-bond donors (Lipinski definition) is 1. The number of aliphatic hydroxyl groups excluding tert-OH is 1. The van der Waals surface area contributed by atoms with Gasteiger partial charge in [-0.3, -0.25) is 0 Å². The largest absolute Gasteiger partial charge is 0.389 e. The van der Waals surface area contributed by atoms with Crippen LogP contribution in [0.1, 0.15) is 39.4 Å². The van der Waals surface area contributed by atoms with E-state index in [-0.39, 0.29) is 5.82 Å². The fourth-order valence-corrected chi connectivity index (χ4v) is 1.99. The van der Waals surface area contributed by atoms with Crippen LogP contribution in [0.15, 0.2) is 18.2 Å². The van der Waals surface area contributed by atoms with Crippen LogP contribution in [-0.2, 0) is 0 Å². The minimum absolute atomic E-state index is 0.301. The lowest BCUT2D eigenvalue weighted by Crippen LogP contribution is -2.28. The van der Waals surface area contributed by atoms with Crippen molar-refractivity contribution in [2.24, 2.45) is 5.92 Å². The van der Waals surface area contributed by atoms with Crippen molar-refractivity contribution in [2.45, 2.75) is 33.8 Å². The fourth-order valence-electron chi connectivity index (χ4n) is 1.99. The molecule has 0 amide bonds. The van der Waals surface area contributed by atoms with E-state index in [2.05, 4.69) is 25.7 Å². The summed E-state index contributed by atoms with van der Waals surface area (Å²) in [6.45, 7) is 9.78. The van der Waals surface area contributed by atoms with Gasteiger partial charge in [0.1, 0.15) is 5.82 Å². The van der Waals surface area contributed by atoms with Crippen molar-refractivity contribution >= 4 is 5.69 Å². The molecule has 0 fully saturated rings. The summed E-state index contributed by atoms with van der Waals surface area (Å²) in [7, 11) is 0. The molecular formula is C14H22FNO. The van der Waals surface area contributed by atoms with Crippen molar-refractivity contribution in [2.75, 3.05) is 18.0 Å². The van der Waals surface area contributed by atoms with E-state index >= 15 is 0 Å². The molecule has 0 aliphatic heterocycles. The average Bonchev–Trinajstić information content (AvgIpc) is 2.25. The van der Waals surface area contributed by atoms with Crippen LogP contribution in [0.4, 0.5) is 10.1 Å². The summed E-state index contributed by atoms with van der Waals surface area (Å²) >= 11 is 0. The second-order valence-corrected chi connectivity index (χ2v) is 4.81. The number of aliphatic hydroxyl groups is 1. The summed E-state index contributed by atoms with van der Waals surface area (Å²) in [6.07, 6.45) is -0.651. The highest BCUT2D eigenvalue weighted by molar-refractivity contribution is 5.54. The highest BCUT2D eigenvalue weighted by Gasteiger charge is 2.15. The smallest absolute Gasteiger partial charge is 0.123 e. The Labute approximate surface area is 103 Å².